The predicted molar refractivity (Wildman–Crippen MR) is 88.3 cm³/mol. The van der Waals surface area contributed by atoms with Gasteiger partial charge in [0.25, 0.3) is 0 Å². The van der Waals surface area contributed by atoms with E-state index < -0.39 is 19.9 Å². The molecule has 0 atom stereocenters. The molecular formula is C11H14Br2N2O4S2. The molecule has 1 aromatic carbocycles. The molecule has 21 heavy (non-hydrogen) atoms. The van der Waals surface area contributed by atoms with Crippen molar-refractivity contribution in [2.75, 3.05) is 30.3 Å². The summed E-state index contributed by atoms with van der Waals surface area (Å²) < 4.78 is 50.8. The van der Waals surface area contributed by atoms with E-state index in [4.69, 9.17) is 5.73 Å². The van der Waals surface area contributed by atoms with Gasteiger partial charge in [-0.2, -0.15) is 4.31 Å². The van der Waals surface area contributed by atoms with E-state index in [9.17, 15) is 16.8 Å². The summed E-state index contributed by atoms with van der Waals surface area (Å²) in [6.07, 6.45) is 0.287. The van der Waals surface area contributed by atoms with Crippen molar-refractivity contribution < 1.29 is 16.8 Å². The number of rotatable bonds is 2. The molecule has 1 saturated heterocycles. The number of hydrogen-bond donors (Lipinski definition) is 1. The summed E-state index contributed by atoms with van der Waals surface area (Å²) in [5.74, 6) is -0.156. The van der Waals surface area contributed by atoms with Gasteiger partial charge in [-0.05, 0) is 34.5 Å². The zero-order valence-electron chi connectivity index (χ0n) is 10.9. The summed E-state index contributed by atoms with van der Waals surface area (Å²) in [7, 11) is -7.02. The van der Waals surface area contributed by atoms with Gasteiger partial charge in [-0.1, -0.05) is 15.9 Å². The van der Waals surface area contributed by atoms with Crippen LogP contribution >= 0.6 is 31.9 Å². The zero-order valence-corrected chi connectivity index (χ0v) is 15.7. The molecule has 0 aromatic heterocycles. The quantitative estimate of drug-likeness (QED) is 0.674. The van der Waals surface area contributed by atoms with Crippen LogP contribution in [0, 0.1) is 0 Å². The van der Waals surface area contributed by atoms with Gasteiger partial charge in [0.2, 0.25) is 10.0 Å². The molecule has 2 rings (SSSR count). The Labute approximate surface area is 140 Å². The maximum Gasteiger partial charge on any atom is 0.246 e. The minimum Gasteiger partial charge on any atom is -0.398 e. The molecule has 6 nitrogen and oxygen atoms in total. The highest BCUT2D eigenvalue weighted by Gasteiger charge is 2.32. The Morgan fingerprint density at radius 2 is 1.81 bits per heavy atom. The summed E-state index contributed by atoms with van der Waals surface area (Å²) in [6.45, 7) is 0.121. The Morgan fingerprint density at radius 1 is 1.14 bits per heavy atom. The Morgan fingerprint density at radius 3 is 2.43 bits per heavy atom. The highest BCUT2D eigenvalue weighted by molar-refractivity contribution is 9.11. The number of halogens is 2. The summed E-state index contributed by atoms with van der Waals surface area (Å²) in [5, 5.41) is 0. The Bertz CT molecular complexity index is 739. The van der Waals surface area contributed by atoms with Crippen LogP contribution in [0.15, 0.2) is 26.0 Å². The number of benzene rings is 1. The van der Waals surface area contributed by atoms with Gasteiger partial charge in [-0.3, -0.25) is 0 Å². The lowest BCUT2D eigenvalue weighted by molar-refractivity contribution is 0.434. The van der Waals surface area contributed by atoms with Crippen LogP contribution in [0.4, 0.5) is 5.69 Å². The van der Waals surface area contributed by atoms with Gasteiger partial charge >= 0.3 is 0 Å². The maximum absolute atomic E-state index is 12.7. The number of nitrogens with zero attached hydrogens (tertiary/aromatic N) is 1. The first-order chi connectivity index (χ1) is 9.63. The van der Waals surface area contributed by atoms with Gasteiger partial charge in [0.05, 0.1) is 17.2 Å². The molecule has 0 unspecified atom stereocenters. The fourth-order valence-electron chi connectivity index (χ4n) is 2.14. The lowest BCUT2D eigenvalue weighted by Gasteiger charge is -2.21. The van der Waals surface area contributed by atoms with Crippen LogP contribution in [0.3, 0.4) is 0 Å². The van der Waals surface area contributed by atoms with E-state index in [1.54, 1.807) is 6.07 Å². The van der Waals surface area contributed by atoms with Crippen LogP contribution in [-0.2, 0) is 19.9 Å². The maximum atomic E-state index is 12.7. The van der Waals surface area contributed by atoms with Crippen molar-refractivity contribution in [2.45, 2.75) is 11.3 Å². The highest BCUT2D eigenvalue weighted by atomic mass is 79.9. The molecule has 0 aliphatic carbocycles. The van der Waals surface area contributed by atoms with Gasteiger partial charge in [0, 0.05) is 22.0 Å². The lowest BCUT2D eigenvalue weighted by Crippen LogP contribution is -2.34. The van der Waals surface area contributed by atoms with Gasteiger partial charge < -0.3 is 5.73 Å². The van der Waals surface area contributed by atoms with Crippen molar-refractivity contribution in [3.8, 4) is 0 Å². The van der Waals surface area contributed by atoms with E-state index in [0.29, 0.717) is 8.95 Å². The summed E-state index contributed by atoms with van der Waals surface area (Å²) in [5.41, 5.74) is 5.94. The topological polar surface area (TPSA) is 97.5 Å². The molecular weight excluding hydrogens is 448 g/mol. The van der Waals surface area contributed by atoms with Crippen molar-refractivity contribution in [3.63, 3.8) is 0 Å². The number of anilines is 1. The van der Waals surface area contributed by atoms with Gasteiger partial charge in [0.15, 0.2) is 9.84 Å². The van der Waals surface area contributed by atoms with E-state index in [2.05, 4.69) is 31.9 Å². The lowest BCUT2D eigenvalue weighted by atomic mass is 10.3. The van der Waals surface area contributed by atoms with Crippen molar-refractivity contribution in [1.82, 2.24) is 4.31 Å². The van der Waals surface area contributed by atoms with Crippen LogP contribution in [0.5, 0.6) is 0 Å². The molecule has 2 N–H and O–H groups in total. The van der Waals surface area contributed by atoms with Gasteiger partial charge in [-0.15, -0.1) is 0 Å². The molecule has 0 radical (unpaired) electrons. The molecule has 0 bridgehead atoms. The first kappa shape index (κ1) is 17.2. The van der Waals surface area contributed by atoms with Crippen LogP contribution < -0.4 is 5.73 Å². The summed E-state index contributed by atoms with van der Waals surface area (Å²) in [4.78, 5) is -0.0232. The van der Waals surface area contributed by atoms with E-state index in [1.807, 2.05) is 0 Å². The second-order valence-electron chi connectivity index (χ2n) is 4.72. The zero-order chi connectivity index (χ0) is 15.8. The number of nitrogens with two attached hydrogens (primary N) is 1. The number of hydrogen-bond acceptors (Lipinski definition) is 5. The first-order valence-corrected chi connectivity index (χ1v) is 10.9. The summed E-state index contributed by atoms with van der Waals surface area (Å²) in [6, 6.07) is 3.10. The van der Waals surface area contributed by atoms with Crippen molar-refractivity contribution >= 4 is 57.4 Å². The molecule has 0 saturated carbocycles. The van der Waals surface area contributed by atoms with Crippen LogP contribution in [0.2, 0.25) is 0 Å². The SMILES string of the molecule is Nc1cc(Br)cc(Br)c1S(=O)(=O)N1CCCS(=O)(=O)CC1. The minimum atomic E-state index is -3.84. The van der Waals surface area contributed by atoms with E-state index in [1.165, 1.54) is 10.4 Å². The largest absolute Gasteiger partial charge is 0.398 e. The van der Waals surface area contributed by atoms with Crippen molar-refractivity contribution in [3.05, 3.63) is 21.1 Å². The highest BCUT2D eigenvalue weighted by Crippen LogP contribution is 2.34. The third-order valence-electron chi connectivity index (χ3n) is 3.15. The smallest absolute Gasteiger partial charge is 0.246 e. The van der Waals surface area contributed by atoms with Gasteiger partial charge in [-0.25, -0.2) is 16.8 Å². The Balaban J connectivity index is 2.43. The van der Waals surface area contributed by atoms with E-state index >= 15 is 0 Å². The van der Waals surface area contributed by atoms with Gasteiger partial charge in [0.1, 0.15) is 4.90 Å². The second kappa shape index (κ2) is 6.15. The third-order valence-corrected chi connectivity index (χ3v) is 8.23. The number of nitrogen functional groups attached to an aromatic ring is 1. The number of sulfonamides is 1. The van der Waals surface area contributed by atoms with Crippen LogP contribution in [0.1, 0.15) is 6.42 Å². The molecule has 10 heteroatoms. The normalized spacial score (nSPS) is 20.1. The standard InChI is InChI=1S/C11H14Br2N2O4S2/c12-8-6-9(13)11(10(14)7-8)21(18,19)15-2-1-4-20(16,17)5-3-15/h6-7H,1-5,14H2. The molecule has 1 aromatic rings. The third kappa shape index (κ3) is 3.79. The molecule has 0 spiro atoms. The Hall–Kier alpha value is -0.160. The van der Waals surface area contributed by atoms with Crippen LogP contribution in [0.25, 0.3) is 0 Å². The summed E-state index contributed by atoms with van der Waals surface area (Å²) >= 11 is 6.45. The Kier molecular flexibility index (Phi) is 5.04. The molecule has 1 fully saturated rings. The molecule has 1 aliphatic heterocycles. The molecule has 1 aliphatic rings. The molecule has 0 amide bonds. The average molecular weight is 462 g/mol. The minimum absolute atomic E-state index is 0.00993. The van der Waals surface area contributed by atoms with E-state index in [-0.39, 0.29) is 41.6 Å². The van der Waals surface area contributed by atoms with E-state index in [0.717, 1.165) is 0 Å². The van der Waals surface area contributed by atoms with Crippen molar-refractivity contribution in [2.24, 2.45) is 0 Å². The molecule has 118 valence electrons. The monoisotopic (exact) mass is 460 g/mol. The molecule has 1 heterocycles. The predicted octanol–water partition coefficient (Wildman–Crippen LogP) is 1.60. The van der Waals surface area contributed by atoms with Crippen molar-refractivity contribution in [1.29, 1.82) is 0 Å². The van der Waals surface area contributed by atoms with Crippen LogP contribution in [-0.4, -0.2) is 45.7 Å². The fourth-order valence-corrected chi connectivity index (χ4v) is 7.02. The first-order valence-electron chi connectivity index (χ1n) is 6.08. The fraction of sp³-hybridized carbons (Fsp3) is 0.455. The number of sulfone groups is 1. The second-order valence-corrected chi connectivity index (χ2v) is 10.7. The average Bonchev–Trinajstić information content (AvgIpc) is 2.48.